The molecule has 1 N–H and O–H groups in total. The van der Waals surface area contributed by atoms with E-state index in [1.807, 2.05) is 0 Å². The van der Waals surface area contributed by atoms with Crippen LogP contribution in [0.25, 0.3) is 0 Å². The van der Waals surface area contributed by atoms with Crippen molar-refractivity contribution < 1.29 is 19.5 Å². The summed E-state index contributed by atoms with van der Waals surface area (Å²) in [5.41, 5.74) is 0.477. The Hall–Kier alpha value is -2.24. The molecule has 1 aliphatic heterocycles. The molecule has 1 saturated carbocycles. The van der Waals surface area contributed by atoms with Crippen LogP contribution in [-0.4, -0.2) is 39.3 Å². The van der Waals surface area contributed by atoms with Crippen LogP contribution in [0.15, 0.2) is 18.3 Å². The van der Waals surface area contributed by atoms with Gasteiger partial charge in [-0.15, -0.1) is 0 Å². The smallest absolute Gasteiger partial charge is 0.306 e. The van der Waals surface area contributed by atoms with Crippen LogP contribution in [0.5, 0.6) is 0 Å². The van der Waals surface area contributed by atoms with Gasteiger partial charge in [0.1, 0.15) is 5.69 Å². The van der Waals surface area contributed by atoms with Crippen molar-refractivity contribution in [3.8, 4) is 0 Å². The van der Waals surface area contributed by atoms with Crippen molar-refractivity contribution >= 4 is 17.8 Å². The minimum Gasteiger partial charge on any atom is -0.481 e. The Kier molecular flexibility index (Phi) is 3.00. The number of carbonyl (C=O) groups excluding carboxylic acids is 2. The van der Waals surface area contributed by atoms with E-state index in [4.69, 9.17) is 5.11 Å². The van der Waals surface area contributed by atoms with E-state index in [1.165, 1.54) is 6.20 Å². The van der Waals surface area contributed by atoms with Gasteiger partial charge in [0.15, 0.2) is 0 Å². The average molecular weight is 274 g/mol. The highest BCUT2D eigenvalue weighted by molar-refractivity contribution is 6.20. The lowest BCUT2D eigenvalue weighted by Crippen LogP contribution is -2.37. The monoisotopic (exact) mass is 274 g/mol. The molecule has 6 heteroatoms. The third-order valence-electron chi connectivity index (χ3n) is 4.12. The Morgan fingerprint density at radius 3 is 2.85 bits per heavy atom. The largest absolute Gasteiger partial charge is 0.481 e. The van der Waals surface area contributed by atoms with Crippen LogP contribution in [0.3, 0.4) is 0 Å². The van der Waals surface area contributed by atoms with E-state index >= 15 is 0 Å². The summed E-state index contributed by atoms with van der Waals surface area (Å²) in [4.78, 5) is 40.6. The van der Waals surface area contributed by atoms with E-state index in [1.54, 1.807) is 12.1 Å². The summed E-state index contributed by atoms with van der Waals surface area (Å²) in [5.74, 6) is -2.25. The minimum absolute atomic E-state index is 0.158. The zero-order chi connectivity index (χ0) is 14.3. The van der Waals surface area contributed by atoms with Gasteiger partial charge in [0, 0.05) is 12.7 Å². The lowest BCUT2D eigenvalue weighted by Gasteiger charge is -2.21. The molecule has 2 amide bonds. The summed E-state index contributed by atoms with van der Waals surface area (Å²) < 4.78 is 0. The molecule has 2 heterocycles. The maximum Gasteiger partial charge on any atom is 0.306 e. The molecule has 0 spiro atoms. The predicted octanol–water partition coefficient (Wildman–Crippen LogP) is 1.18. The van der Waals surface area contributed by atoms with E-state index in [9.17, 15) is 14.4 Å². The van der Waals surface area contributed by atoms with Gasteiger partial charge in [0.05, 0.1) is 11.5 Å². The highest BCUT2D eigenvalue weighted by atomic mass is 16.4. The first-order valence-corrected chi connectivity index (χ1v) is 6.63. The SMILES string of the molecule is O=C(O)C1CCCC1CN1C(=O)c2cccnc2C1=O. The molecule has 0 saturated heterocycles. The molecule has 20 heavy (non-hydrogen) atoms. The van der Waals surface area contributed by atoms with Crippen LogP contribution in [-0.2, 0) is 4.79 Å². The second-order valence-electron chi connectivity index (χ2n) is 5.26. The number of carboxylic acids is 1. The Balaban J connectivity index is 1.82. The zero-order valence-electron chi connectivity index (χ0n) is 10.8. The van der Waals surface area contributed by atoms with Crippen LogP contribution in [0.1, 0.15) is 40.1 Å². The fourth-order valence-corrected chi connectivity index (χ4v) is 3.09. The second-order valence-corrected chi connectivity index (χ2v) is 5.26. The number of carboxylic acid groups (broad SMARTS) is 1. The van der Waals surface area contributed by atoms with Gasteiger partial charge in [-0.05, 0) is 30.9 Å². The van der Waals surface area contributed by atoms with E-state index in [0.29, 0.717) is 12.0 Å². The molecule has 0 aromatic carbocycles. The predicted molar refractivity (Wildman–Crippen MR) is 68.1 cm³/mol. The highest BCUT2D eigenvalue weighted by Gasteiger charge is 2.41. The molecule has 1 aliphatic carbocycles. The second kappa shape index (κ2) is 4.70. The number of aromatic nitrogens is 1. The maximum atomic E-state index is 12.2. The minimum atomic E-state index is -0.845. The summed E-state index contributed by atoms with van der Waals surface area (Å²) in [6, 6.07) is 3.19. The Bertz CT molecular complexity index is 564. The number of hydrogen-bond acceptors (Lipinski definition) is 4. The summed E-state index contributed by atoms with van der Waals surface area (Å²) in [6.45, 7) is 0.172. The van der Waals surface area contributed by atoms with Crippen LogP contribution in [0.2, 0.25) is 0 Å². The molecular formula is C14H14N2O4. The normalized spacial score (nSPS) is 25.1. The summed E-state index contributed by atoms with van der Waals surface area (Å²) in [7, 11) is 0. The Morgan fingerprint density at radius 1 is 1.35 bits per heavy atom. The molecule has 6 nitrogen and oxygen atoms in total. The van der Waals surface area contributed by atoms with Gasteiger partial charge in [-0.3, -0.25) is 24.3 Å². The Morgan fingerprint density at radius 2 is 2.15 bits per heavy atom. The van der Waals surface area contributed by atoms with Gasteiger partial charge >= 0.3 is 5.97 Å². The summed E-state index contributed by atoms with van der Waals surface area (Å²) >= 11 is 0. The number of hydrogen-bond donors (Lipinski definition) is 1. The number of nitrogens with zero attached hydrogens (tertiary/aromatic N) is 2. The highest BCUT2D eigenvalue weighted by Crippen LogP contribution is 2.34. The number of amides is 2. The lowest BCUT2D eigenvalue weighted by molar-refractivity contribution is -0.143. The van der Waals surface area contributed by atoms with Crippen molar-refractivity contribution in [1.82, 2.24) is 9.88 Å². The third-order valence-corrected chi connectivity index (χ3v) is 4.12. The molecule has 3 rings (SSSR count). The van der Waals surface area contributed by atoms with Crippen molar-refractivity contribution in [1.29, 1.82) is 0 Å². The molecule has 0 radical (unpaired) electrons. The van der Waals surface area contributed by atoms with E-state index in [-0.39, 0.29) is 24.1 Å². The summed E-state index contributed by atoms with van der Waals surface area (Å²) in [6.07, 6.45) is 3.64. The summed E-state index contributed by atoms with van der Waals surface area (Å²) in [5, 5.41) is 9.16. The number of rotatable bonds is 3. The van der Waals surface area contributed by atoms with Crippen LogP contribution < -0.4 is 0 Å². The van der Waals surface area contributed by atoms with Crippen molar-refractivity contribution in [2.45, 2.75) is 19.3 Å². The quantitative estimate of drug-likeness (QED) is 0.836. The van der Waals surface area contributed by atoms with E-state index < -0.39 is 17.8 Å². The first kappa shape index (κ1) is 12.8. The topological polar surface area (TPSA) is 87.6 Å². The molecule has 2 atom stereocenters. The molecular weight excluding hydrogens is 260 g/mol. The van der Waals surface area contributed by atoms with Gasteiger partial charge < -0.3 is 5.11 Å². The van der Waals surface area contributed by atoms with Gasteiger partial charge in [-0.25, -0.2) is 0 Å². The van der Waals surface area contributed by atoms with Crippen molar-refractivity contribution in [3.05, 3.63) is 29.6 Å². The van der Waals surface area contributed by atoms with E-state index in [0.717, 1.165) is 17.7 Å². The average Bonchev–Trinajstić information content (AvgIpc) is 2.99. The number of pyridine rings is 1. The number of carbonyl (C=O) groups is 3. The fourth-order valence-electron chi connectivity index (χ4n) is 3.09. The molecule has 1 fully saturated rings. The van der Waals surface area contributed by atoms with Crippen molar-refractivity contribution in [2.24, 2.45) is 11.8 Å². The maximum absolute atomic E-state index is 12.2. The third kappa shape index (κ3) is 1.88. The number of aliphatic carboxylic acids is 1. The molecule has 104 valence electrons. The standard InChI is InChI=1S/C14H14N2O4/c17-12-10-5-2-6-15-11(10)13(18)16(12)7-8-3-1-4-9(8)14(19)20/h2,5-6,8-9H,1,3-4,7H2,(H,19,20). The molecule has 1 aromatic rings. The first-order valence-electron chi connectivity index (χ1n) is 6.63. The molecule has 0 bridgehead atoms. The molecule has 2 aliphatic rings. The van der Waals surface area contributed by atoms with Crippen LogP contribution >= 0.6 is 0 Å². The van der Waals surface area contributed by atoms with Crippen LogP contribution in [0, 0.1) is 11.8 Å². The fraction of sp³-hybridized carbons (Fsp3) is 0.429. The van der Waals surface area contributed by atoms with Gasteiger partial charge in [0.2, 0.25) is 0 Å². The first-order chi connectivity index (χ1) is 9.59. The molecule has 1 aromatic heterocycles. The Labute approximate surface area is 115 Å². The zero-order valence-corrected chi connectivity index (χ0v) is 10.8. The number of fused-ring (bicyclic) bond motifs is 1. The lowest BCUT2D eigenvalue weighted by atomic mass is 9.96. The number of imide groups is 1. The van der Waals surface area contributed by atoms with Gasteiger partial charge in [-0.2, -0.15) is 0 Å². The van der Waals surface area contributed by atoms with Crippen LogP contribution in [0.4, 0.5) is 0 Å². The van der Waals surface area contributed by atoms with Gasteiger partial charge in [-0.1, -0.05) is 6.42 Å². The van der Waals surface area contributed by atoms with Crippen molar-refractivity contribution in [2.75, 3.05) is 6.54 Å². The van der Waals surface area contributed by atoms with Gasteiger partial charge in [0.25, 0.3) is 11.8 Å². The van der Waals surface area contributed by atoms with E-state index in [2.05, 4.69) is 4.98 Å². The molecule has 2 unspecified atom stereocenters. The van der Waals surface area contributed by atoms with Crippen molar-refractivity contribution in [3.63, 3.8) is 0 Å².